The summed E-state index contributed by atoms with van der Waals surface area (Å²) in [7, 11) is 0. The zero-order valence-electron chi connectivity index (χ0n) is 78.7. The van der Waals surface area contributed by atoms with Crippen LogP contribution in [0.5, 0.6) is 0 Å². The van der Waals surface area contributed by atoms with Crippen LogP contribution in [-0.4, -0.2) is 15.8 Å². The molecule has 4 heterocycles. The van der Waals surface area contributed by atoms with Gasteiger partial charge in [0.25, 0.3) is 6.71 Å². The molecule has 0 fully saturated rings. The number of hydrogen-bond donors (Lipinski definition) is 0. The normalized spacial score (nSPS) is 12.7. The van der Waals surface area contributed by atoms with Crippen molar-refractivity contribution in [1.29, 1.82) is 0 Å². The maximum absolute atomic E-state index is 2.77. The van der Waals surface area contributed by atoms with E-state index in [1.165, 1.54) is 116 Å². The average Bonchev–Trinajstić information content (AvgIpc) is 1.65. The molecule has 0 saturated heterocycles. The topological polar surface area (TPSA) is 16.3 Å². The summed E-state index contributed by atoms with van der Waals surface area (Å²) < 4.78 is 5.16. The molecule has 0 bridgehead atoms. The molecule has 0 amide bonds. The van der Waals surface area contributed by atoms with Crippen molar-refractivity contribution in [2.24, 2.45) is 0 Å². The number of nitrogens with zero attached hydrogens (tertiary/aromatic N) is 4. The molecule has 133 heavy (non-hydrogen) atoms. The molecule has 5 heteroatoms. The molecule has 4 nitrogen and oxygen atoms in total. The van der Waals surface area contributed by atoms with Gasteiger partial charge >= 0.3 is 0 Å². The lowest BCUT2D eigenvalue weighted by Crippen LogP contribution is -2.61. The van der Waals surface area contributed by atoms with Crippen LogP contribution in [0.4, 0.5) is 34.1 Å². The SMILES string of the molecule is CC(C)c1ccc2c(c1)c1cc(C(C)C)ccc1n2-c1ccc2c(c1)N(c1c(-c3ccccc3)cc(C(C)(C)C)cc1-c1cccc(-c3cccc(-c4ccccc4)c3)c1)c1cc(-c3ccccc3)cc3c1B2c1ccc(-n2c4ccc(C(C)C)cc4c4cc(C(C)C)ccc42)cc1N3c1c(-c2ccccc2)cc(C(C)(C)C)cc1-c1cccc(-c2cccc(-c3ccccc3)c2)c1. The zero-order valence-corrected chi connectivity index (χ0v) is 78.7. The summed E-state index contributed by atoms with van der Waals surface area (Å²) in [6.45, 7) is 32.5. The van der Waals surface area contributed by atoms with E-state index in [1.54, 1.807) is 0 Å². The van der Waals surface area contributed by atoms with Crippen LogP contribution in [0.15, 0.2) is 394 Å². The monoisotopic (exact) mass is 1710 g/mol. The van der Waals surface area contributed by atoms with Crippen LogP contribution in [0.3, 0.4) is 0 Å². The van der Waals surface area contributed by atoms with Gasteiger partial charge < -0.3 is 18.9 Å². The van der Waals surface area contributed by atoms with Crippen molar-refractivity contribution >= 4 is 101 Å². The molecule has 0 aliphatic carbocycles. The van der Waals surface area contributed by atoms with Crippen LogP contribution in [0.1, 0.15) is 154 Å². The van der Waals surface area contributed by atoms with Crippen molar-refractivity contribution in [3.63, 3.8) is 0 Å². The molecule has 2 aliphatic rings. The fraction of sp³-hybridized carbons (Fsp3) is 0.156. The van der Waals surface area contributed by atoms with Gasteiger partial charge in [-0.3, -0.25) is 0 Å². The molecular formula is C128H111BN4. The van der Waals surface area contributed by atoms with Crippen LogP contribution in [0.25, 0.3) is 155 Å². The van der Waals surface area contributed by atoms with Gasteiger partial charge in [0, 0.05) is 77.9 Å². The Kier molecular flexibility index (Phi) is 21.0. The lowest BCUT2D eigenvalue weighted by Gasteiger charge is -2.46. The Hall–Kier alpha value is -14.8. The van der Waals surface area contributed by atoms with E-state index >= 15 is 0 Å². The lowest BCUT2D eigenvalue weighted by molar-refractivity contribution is 0.590. The van der Waals surface area contributed by atoms with Crippen molar-refractivity contribution in [1.82, 2.24) is 9.13 Å². The molecule has 18 aromatic carbocycles. The Balaban J connectivity index is 0.910. The zero-order chi connectivity index (χ0) is 91.0. The third kappa shape index (κ3) is 14.9. The van der Waals surface area contributed by atoms with E-state index in [-0.39, 0.29) is 17.5 Å². The van der Waals surface area contributed by atoms with Gasteiger partial charge in [0.1, 0.15) is 0 Å². The molecule has 0 atom stereocenters. The van der Waals surface area contributed by atoms with Crippen LogP contribution >= 0.6 is 0 Å². The number of benzene rings is 18. The maximum atomic E-state index is 2.77. The van der Waals surface area contributed by atoms with Gasteiger partial charge in [-0.25, -0.2) is 0 Å². The highest BCUT2D eigenvalue weighted by Crippen LogP contribution is 2.57. The van der Waals surface area contributed by atoms with Gasteiger partial charge in [0.05, 0.1) is 33.4 Å². The third-order valence-corrected chi connectivity index (χ3v) is 28.5. The Morgan fingerprint density at radius 1 is 0.211 bits per heavy atom. The van der Waals surface area contributed by atoms with Crippen LogP contribution < -0.4 is 26.2 Å². The Morgan fingerprint density at radius 3 is 0.759 bits per heavy atom. The molecule has 0 saturated carbocycles. The number of hydrogen-bond acceptors (Lipinski definition) is 2. The highest BCUT2D eigenvalue weighted by Gasteiger charge is 2.47. The van der Waals surface area contributed by atoms with Gasteiger partial charge in [-0.2, -0.15) is 0 Å². The number of rotatable bonds is 17. The van der Waals surface area contributed by atoms with Crippen LogP contribution in [0, 0.1) is 0 Å². The minimum atomic E-state index is -0.341. The second-order valence-electron chi connectivity index (χ2n) is 40.4. The van der Waals surface area contributed by atoms with Crippen molar-refractivity contribution < 1.29 is 0 Å². The molecular weight excluding hydrogens is 1600 g/mol. The minimum Gasteiger partial charge on any atom is -0.310 e. The van der Waals surface area contributed by atoms with Gasteiger partial charge in [-0.1, -0.05) is 358 Å². The molecule has 22 rings (SSSR count). The molecule has 0 radical (unpaired) electrons. The largest absolute Gasteiger partial charge is 0.310 e. The number of fused-ring (bicyclic) bond motifs is 10. The van der Waals surface area contributed by atoms with Crippen LogP contribution in [0.2, 0.25) is 0 Å². The van der Waals surface area contributed by atoms with Crippen molar-refractivity contribution in [2.45, 2.75) is 131 Å². The van der Waals surface area contributed by atoms with Crippen molar-refractivity contribution in [3.05, 3.63) is 428 Å². The van der Waals surface area contributed by atoms with Gasteiger partial charge in [-0.05, 0) is 296 Å². The fourth-order valence-corrected chi connectivity index (χ4v) is 21.1. The fourth-order valence-electron chi connectivity index (χ4n) is 21.1. The summed E-state index contributed by atoms with van der Waals surface area (Å²) in [6, 6.07) is 152. The first-order valence-corrected chi connectivity index (χ1v) is 47.8. The third-order valence-electron chi connectivity index (χ3n) is 28.5. The van der Waals surface area contributed by atoms with E-state index in [1.807, 2.05) is 0 Å². The molecule has 2 aliphatic heterocycles. The second-order valence-corrected chi connectivity index (χ2v) is 40.4. The average molecular weight is 1720 g/mol. The second kappa shape index (κ2) is 33.3. The van der Waals surface area contributed by atoms with Crippen LogP contribution in [-0.2, 0) is 10.8 Å². The quantitative estimate of drug-likeness (QED) is 0.0845. The summed E-state index contributed by atoms with van der Waals surface area (Å²) in [5, 5.41) is 5.04. The first kappa shape index (κ1) is 83.8. The molecule has 0 N–H and O–H groups in total. The molecule has 20 aromatic rings. The van der Waals surface area contributed by atoms with E-state index in [2.05, 4.69) is 510 Å². The lowest BCUT2D eigenvalue weighted by atomic mass is 9.33. The molecule has 0 spiro atoms. The standard InChI is InChI=1S/C128H111BN4/c1-80(2)89-52-60-116-110(68-89)111-69-90(81(3)4)53-61-117(111)130(116)104-56-58-114-120(78-104)132(125-106(87-40-26-18-27-41-87)74-102(127(9,10)11)76-108(125)99-50-32-48-97(66-99)95-46-30-44-93(64-95)84-34-20-15-21-35-84)122-72-101(86-38-24-17-25-39-86)73-123-124(122)129(114)115-59-57-105(131-118-62-54-91(82(5)6)70-112(118)113-71-92(83(7)8)55-63-119(113)131)79-121(115)133(123)126-107(88-42-28-19-29-43-88)75-103(128(12,13)14)77-109(126)100-51-33-49-98(67-100)96-47-31-45-94(65-96)85-36-22-16-23-37-85/h15-83H,1-14H3. The van der Waals surface area contributed by atoms with E-state index < -0.39 is 0 Å². The van der Waals surface area contributed by atoms with Crippen molar-refractivity contribution in [3.8, 4) is 112 Å². The first-order chi connectivity index (χ1) is 64.5. The first-order valence-electron chi connectivity index (χ1n) is 47.8. The Labute approximate surface area is 784 Å². The van der Waals surface area contributed by atoms with E-state index in [0.717, 1.165) is 123 Å². The summed E-state index contributed by atoms with van der Waals surface area (Å²) in [4.78, 5) is 5.55. The molecule has 646 valence electrons. The van der Waals surface area contributed by atoms with Gasteiger partial charge in [-0.15, -0.1) is 0 Å². The van der Waals surface area contributed by atoms with E-state index in [9.17, 15) is 0 Å². The summed E-state index contributed by atoms with van der Waals surface area (Å²) in [5.74, 6) is 1.33. The predicted octanol–water partition coefficient (Wildman–Crippen LogP) is 34.1. The molecule has 0 unspecified atom stereocenters. The number of aromatic nitrogens is 2. The smallest absolute Gasteiger partial charge is 0.252 e. The van der Waals surface area contributed by atoms with Crippen molar-refractivity contribution in [2.75, 3.05) is 9.80 Å². The minimum absolute atomic E-state index is 0.289. The predicted molar refractivity (Wildman–Crippen MR) is 572 cm³/mol. The van der Waals surface area contributed by atoms with Gasteiger partial charge in [0.2, 0.25) is 0 Å². The van der Waals surface area contributed by atoms with E-state index in [4.69, 9.17) is 0 Å². The van der Waals surface area contributed by atoms with E-state index in [0.29, 0.717) is 23.7 Å². The highest BCUT2D eigenvalue weighted by atomic mass is 15.2. The highest BCUT2D eigenvalue weighted by molar-refractivity contribution is 7.00. The maximum Gasteiger partial charge on any atom is 0.252 e. The number of anilines is 6. The Morgan fingerprint density at radius 2 is 0.466 bits per heavy atom. The summed E-state index contributed by atoms with van der Waals surface area (Å²) >= 11 is 0. The molecule has 2 aromatic heterocycles. The summed E-state index contributed by atoms with van der Waals surface area (Å²) in [5.41, 5.74) is 44.9. The Bertz CT molecular complexity index is 7370. The van der Waals surface area contributed by atoms with Gasteiger partial charge in [0.15, 0.2) is 0 Å². The summed E-state index contributed by atoms with van der Waals surface area (Å²) in [6.07, 6.45) is 0.